The topological polar surface area (TPSA) is 16.4 Å². The van der Waals surface area contributed by atoms with E-state index in [1.165, 1.54) is 49.4 Å². The summed E-state index contributed by atoms with van der Waals surface area (Å²) in [6.07, 6.45) is 0. The molecule has 0 N–H and O–H groups in total. The van der Waals surface area contributed by atoms with Gasteiger partial charge >= 0.3 is 0 Å². The summed E-state index contributed by atoms with van der Waals surface area (Å²) < 4.78 is 6.36. The van der Waals surface area contributed by atoms with Gasteiger partial charge in [0.1, 0.15) is 11.2 Å². The second-order valence-corrected chi connectivity index (χ2v) is 13.4. The van der Waals surface area contributed by atoms with Crippen molar-refractivity contribution >= 4 is 60.5 Å². The quantitative estimate of drug-likeness (QED) is 0.176. The average molecular weight is 664 g/mol. The first-order valence-electron chi connectivity index (χ1n) is 17.7. The predicted octanol–water partition coefficient (Wildman–Crippen LogP) is 14.4. The molecule has 0 radical (unpaired) electrons. The van der Waals surface area contributed by atoms with E-state index < -0.39 is 0 Å². The largest absolute Gasteiger partial charge is 0.456 e. The zero-order valence-corrected chi connectivity index (χ0v) is 28.4. The van der Waals surface area contributed by atoms with E-state index in [2.05, 4.69) is 193 Å². The number of nitrogens with zero attached hydrogens (tertiary/aromatic N) is 1. The summed E-state index contributed by atoms with van der Waals surface area (Å²) in [5, 5.41) is 7.20. The Morgan fingerprint density at radius 2 is 0.788 bits per heavy atom. The van der Waals surface area contributed by atoms with E-state index >= 15 is 0 Å². The van der Waals surface area contributed by atoms with Crippen molar-refractivity contribution in [1.82, 2.24) is 0 Å². The maximum Gasteiger partial charge on any atom is 0.137 e. The lowest BCUT2D eigenvalue weighted by Gasteiger charge is -2.26. The highest BCUT2D eigenvalue weighted by Gasteiger charge is 2.17. The highest BCUT2D eigenvalue weighted by molar-refractivity contribution is 6.06. The minimum Gasteiger partial charge on any atom is -0.456 e. The van der Waals surface area contributed by atoms with Crippen LogP contribution >= 0.6 is 0 Å². The zero-order chi connectivity index (χ0) is 34.4. The molecule has 244 valence electrons. The van der Waals surface area contributed by atoms with Gasteiger partial charge in [-0.05, 0) is 116 Å². The van der Waals surface area contributed by atoms with Crippen LogP contribution in [-0.2, 0) is 0 Å². The van der Waals surface area contributed by atoms with Crippen LogP contribution in [-0.4, -0.2) is 0 Å². The monoisotopic (exact) mass is 663 g/mol. The number of para-hydroxylation sites is 1. The van der Waals surface area contributed by atoms with Crippen molar-refractivity contribution in [3.63, 3.8) is 0 Å². The molecule has 0 amide bonds. The average Bonchev–Trinajstić information content (AvgIpc) is 3.59. The maximum atomic E-state index is 6.36. The molecule has 0 fully saturated rings. The molecule has 0 unspecified atom stereocenters. The Kier molecular flexibility index (Phi) is 7.18. The summed E-state index contributed by atoms with van der Waals surface area (Å²) in [5.74, 6) is 0. The fourth-order valence-electron chi connectivity index (χ4n) is 7.53. The van der Waals surface area contributed by atoms with Crippen molar-refractivity contribution in [3.05, 3.63) is 200 Å². The van der Waals surface area contributed by atoms with E-state index in [-0.39, 0.29) is 0 Å². The normalized spacial score (nSPS) is 11.5. The van der Waals surface area contributed by atoms with Crippen LogP contribution < -0.4 is 4.90 Å². The number of anilines is 3. The summed E-state index contributed by atoms with van der Waals surface area (Å²) in [7, 11) is 0. The van der Waals surface area contributed by atoms with E-state index in [1.807, 2.05) is 12.1 Å². The molecule has 1 aromatic heterocycles. The van der Waals surface area contributed by atoms with Crippen molar-refractivity contribution < 1.29 is 4.42 Å². The van der Waals surface area contributed by atoms with Crippen LogP contribution in [0, 0.1) is 0 Å². The Morgan fingerprint density at radius 3 is 1.56 bits per heavy atom. The lowest BCUT2D eigenvalue weighted by atomic mass is 9.96. The van der Waals surface area contributed by atoms with Gasteiger partial charge in [-0.2, -0.15) is 0 Å². The number of benzene rings is 9. The molecule has 10 rings (SSSR count). The van der Waals surface area contributed by atoms with Gasteiger partial charge in [0.2, 0.25) is 0 Å². The molecular weight excluding hydrogens is 631 g/mol. The number of furan rings is 1. The van der Waals surface area contributed by atoms with Gasteiger partial charge in [-0.1, -0.05) is 133 Å². The lowest BCUT2D eigenvalue weighted by Crippen LogP contribution is -2.10. The van der Waals surface area contributed by atoms with Gasteiger partial charge in [-0.25, -0.2) is 0 Å². The molecule has 52 heavy (non-hydrogen) atoms. The van der Waals surface area contributed by atoms with Gasteiger partial charge in [0, 0.05) is 33.9 Å². The third kappa shape index (κ3) is 5.39. The predicted molar refractivity (Wildman–Crippen MR) is 220 cm³/mol. The third-order valence-electron chi connectivity index (χ3n) is 10.2. The summed E-state index contributed by atoms with van der Waals surface area (Å²) >= 11 is 0. The molecule has 0 spiro atoms. The van der Waals surface area contributed by atoms with Crippen LogP contribution in [0.25, 0.3) is 76.9 Å². The van der Waals surface area contributed by atoms with Crippen LogP contribution in [0.1, 0.15) is 0 Å². The molecule has 0 saturated carbocycles. The Hall–Kier alpha value is -6.90. The van der Waals surface area contributed by atoms with Crippen LogP contribution in [0.5, 0.6) is 0 Å². The highest BCUT2D eigenvalue weighted by atomic mass is 16.3. The van der Waals surface area contributed by atoms with Gasteiger partial charge in [-0.3, -0.25) is 0 Å². The molecule has 0 aliphatic carbocycles. The SMILES string of the molecule is c1ccc(-c2ccc(N(c3cccc(-c4ccc5ccc(-c6ccc7ccccc7c6)cc5c4)c3)c3ccc4c(c3)oc3ccccc34)cc2)cc1. The Morgan fingerprint density at radius 1 is 0.269 bits per heavy atom. The second kappa shape index (κ2) is 12.5. The second-order valence-electron chi connectivity index (χ2n) is 13.4. The number of hydrogen-bond donors (Lipinski definition) is 0. The Balaban J connectivity index is 1.06. The molecule has 1 heterocycles. The third-order valence-corrected chi connectivity index (χ3v) is 10.2. The molecule has 9 aromatic carbocycles. The minimum atomic E-state index is 0.873. The van der Waals surface area contributed by atoms with Gasteiger partial charge in [0.25, 0.3) is 0 Å². The zero-order valence-electron chi connectivity index (χ0n) is 28.4. The first-order valence-corrected chi connectivity index (χ1v) is 17.7. The van der Waals surface area contributed by atoms with Crippen LogP contribution in [0.4, 0.5) is 17.1 Å². The minimum absolute atomic E-state index is 0.873. The first kappa shape index (κ1) is 30.0. The van der Waals surface area contributed by atoms with Crippen molar-refractivity contribution in [2.24, 2.45) is 0 Å². The van der Waals surface area contributed by atoms with Crippen molar-refractivity contribution in [3.8, 4) is 33.4 Å². The lowest BCUT2D eigenvalue weighted by molar-refractivity contribution is 0.669. The number of fused-ring (bicyclic) bond motifs is 5. The molecule has 0 aliphatic rings. The molecule has 0 atom stereocenters. The Bertz CT molecular complexity index is 2900. The molecule has 2 nitrogen and oxygen atoms in total. The van der Waals surface area contributed by atoms with E-state index in [4.69, 9.17) is 4.42 Å². The molecule has 10 aromatic rings. The fraction of sp³-hybridized carbons (Fsp3) is 0. The standard InChI is InChI=1S/C50H33NO/c1-2-9-34(10-3-1)36-23-25-44(26-24-36)51(46-27-28-48-47-15-6-7-16-49(47)52-50(48)33-46)45-14-8-13-39(32-45)41-21-18-37-19-22-42(31-43(37)30-41)40-20-17-35-11-4-5-12-38(35)29-40/h1-33H. The van der Waals surface area contributed by atoms with Gasteiger partial charge in [0.15, 0.2) is 0 Å². The van der Waals surface area contributed by atoms with Crippen LogP contribution in [0.15, 0.2) is 205 Å². The molecule has 0 saturated heterocycles. The summed E-state index contributed by atoms with van der Waals surface area (Å²) in [4.78, 5) is 2.32. The molecular formula is C50H33NO. The number of rotatable bonds is 6. The highest BCUT2D eigenvalue weighted by Crippen LogP contribution is 2.40. The first-order chi connectivity index (χ1) is 25.7. The van der Waals surface area contributed by atoms with Crippen LogP contribution in [0.3, 0.4) is 0 Å². The maximum absolute atomic E-state index is 6.36. The summed E-state index contributed by atoms with van der Waals surface area (Å²) in [6.45, 7) is 0. The van der Waals surface area contributed by atoms with E-state index in [0.717, 1.165) is 44.6 Å². The number of hydrogen-bond acceptors (Lipinski definition) is 2. The van der Waals surface area contributed by atoms with Gasteiger partial charge in [0.05, 0.1) is 0 Å². The van der Waals surface area contributed by atoms with E-state index in [0.29, 0.717) is 0 Å². The summed E-state index contributed by atoms with van der Waals surface area (Å²) in [5.41, 5.74) is 12.1. The van der Waals surface area contributed by atoms with Gasteiger partial charge in [-0.15, -0.1) is 0 Å². The van der Waals surface area contributed by atoms with Crippen molar-refractivity contribution in [1.29, 1.82) is 0 Å². The Labute approximate surface area is 302 Å². The van der Waals surface area contributed by atoms with E-state index in [9.17, 15) is 0 Å². The van der Waals surface area contributed by atoms with E-state index in [1.54, 1.807) is 0 Å². The molecule has 2 heteroatoms. The smallest absolute Gasteiger partial charge is 0.137 e. The van der Waals surface area contributed by atoms with Crippen molar-refractivity contribution in [2.75, 3.05) is 4.90 Å². The van der Waals surface area contributed by atoms with Crippen LogP contribution in [0.2, 0.25) is 0 Å². The van der Waals surface area contributed by atoms with Gasteiger partial charge < -0.3 is 9.32 Å². The summed E-state index contributed by atoms with van der Waals surface area (Å²) in [6, 6.07) is 71.8. The fourth-order valence-corrected chi connectivity index (χ4v) is 7.53. The molecule has 0 aliphatic heterocycles. The molecule has 0 bridgehead atoms. The van der Waals surface area contributed by atoms with Crippen molar-refractivity contribution in [2.45, 2.75) is 0 Å².